The van der Waals surface area contributed by atoms with Crippen molar-refractivity contribution in [3.05, 3.63) is 41.7 Å². The van der Waals surface area contributed by atoms with Gasteiger partial charge in [-0.3, -0.25) is 15.2 Å². The quantitative estimate of drug-likeness (QED) is 0.660. The normalized spacial score (nSPS) is 11.0. The number of urea groups is 1. The van der Waals surface area contributed by atoms with Crippen LogP contribution in [-0.2, 0) is 4.79 Å². The van der Waals surface area contributed by atoms with Gasteiger partial charge in [0.25, 0.3) is 0 Å². The molecule has 0 atom stereocenters. The number of amides is 3. The first-order valence-electron chi connectivity index (χ1n) is 7.89. The van der Waals surface area contributed by atoms with Crippen molar-refractivity contribution in [2.24, 2.45) is 5.92 Å². The molecule has 25 heavy (non-hydrogen) atoms. The number of carbonyl (C=O) groups excluding carboxylic acids is 2. The predicted octanol–water partition coefficient (Wildman–Crippen LogP) is 2.55. The Labute approximate surface area is 150 Å². The molecule has 1 aromatic heterocycles. The van der Waals surface area contributed by atoms with Gasteiger partial charge in [0.2, 0.25) is 11.1 Å². The minimum Gasteiger partial charge on any atom is -0.338 e. The summed E-state index contributed by atoms with van der Waals surface area (Å²) < 4.78 is 0. The van der Waals surface area contributed by atoms with Crippen LogP contribution in [0.4, 0.5) is 4.79 Å². The summed E-state index contributed by atoms with van der Waals surface area (Å²) in [5.74, 6) is 0.596. The monoisotopic (exact) mass is 359 g/mol. The third-order valence-electron chi connectivity index (χ3n) is 2.97. The fourth-order valence-electron chi connectivity index (χ4n) is 1.77. The summed E-state index contributed by atoms with van der Waals surface area (Å²) in [6, 6.07) is 9.35. The number of rotatable bonds is 7. The zero-order valence-electron chi connectivity index (χ0n) is 14.2. The van der Waals surface area contributed by atoms with Crippen molar-refractivity contribution in [3.63, 3.8) is 0 Å². The van der Waals surface area contributed by atoms with Gasteiger partial charge >= 0.3 is 6.03 Å². The van der Waals surface area contributed by atoms with E-state index in [1.165, 1.54) is 0 Å². The van der Waals surface area contributed by atoms with Gasteiger partial charge < -0.3 is 5.32 Å². The molecular weight excluding hydrogens is 338 g/mol. The molecule has 2 rings (SSSR count). The minimum atomic E-state index is -0.485. The molecule has 2 aromatic rings. The first kappa shape index (κ1) is 18.7. The average Bonchev–Trinajstić information content (AvgIpc) is 3.05. The highest BCUT2D eigenvalue weighted by Gasteiger charge is 2.10. The average molecular weight is 359 g/mol. The van der Waals surface area contributed by atoms with E-state index in [4.69, 9.17) is 0 Å². The van der Waals surface area contributed by atoms with Crippen molar-refractivity contribution in [2.45, 2.75) is 19.0 Å². The Bertz CT molecular complexity index is 728. The second-order valence-electron chi connectivity index (χ2n) is 5.69. The maximum Gasteiger partial charge on any atom is 0.321 e. The number of benzene rings is 1. The van der Waals surface area contributed by atoms with Crippen molar-refractivity contribution in [3.8, 4) is 0 Å². The van der Waals surface area contributed by atoms with E-state index in [1.54, 1.807) is 0 Å². The smallest absolute Gasteiger partial charge is 0.321 e. The van der Waals surface area contributed by atoms with Gasteiger partial charge in [-0.25, -0.2) is 9.78 Å². The highest BCUT2D eigenvalue weighted by Crippen LogP contribution is 2.13. The second kappa shape index (κ2) is 9.63. The van der Waals surface area contributed by atoms with Crippen molar-refractivity contribution in [2.75, 3.05) is 12.3 Å². The summed E-state index contributed by atoms with van der Waals surface area (Å²) in [5.41, 5.74) is 1.06. The predicted molar refractivity (Wildman–Crippen MR) is 98.9 cm³/mol. The number of hydrogen-bond acceptors (Lipinski definition) is 5. The van der Waals surface area contributed by atoms with Gasteiger partial charge in [0, 0.05) is 6.54 Å². The highest BCUT2D eigenvalue weighted by atomic mass is 32.2. The van der Waals surface area contributed by atoms with Crippen molar-refractivity contribution < 1.29 is 9.59 Å². The Hall–Kier alpha value is -2.61. The van der Waals surface area contributed by atoms with Gasteiger partial charge in [0.15, 0.2) is 0 Å². The second-order valence-corrected chi connectivity index (χ2v) is 6.63. The molecule has 0 saturated carbocycles. The van der Waals surface area contributed by atoms with Crippen LogP contribution in [0.15, 0.2) is 35.5 Å². The zero-order chi connectivity index (χ0) is 18.1. The Kier molecular flexibility index (Phi) is 7.21. The fraction of sp³-hybridized carbons (Fsp3) is 0.294. The van der Waals surface area contributed by atoms with Gasteiger partial charge in [-0.1, -0.05) is 62.0 Å². The van der Waals surface area contributed by atoms with E-state index in [2.05, 4.69) is 25.8 Å². The topological polar surface area (TPSA) is 99.8 Å². The molecule has 0 saturated heterocycles. The van der Waals surface area contributed by atoms with Crippen LogP contribution >= 0.6 is 11.8 Å². The number of aromatic amines is 1. The lowest BCUT2D eigenvalue weighted by molar-refractivity contribution is -0.117. The Morgan fingerprint density at radius 3 is 2.72 bits per heavy atom. The number of nitrogens with one attached hydrogen (secondary N) is 3. The van der Waals surface area contributed by atoms with Crippen molar-refractivity contribution >= 4 is 35.9 Å². The van der Waals surface area contributed by atoms with Crippen LogP contribution in [0.1, 0.15) is 25.2 Å². The first-order chi connectivity index (χ1) is 12.0. The summed E-state index contributed by atoms with van der Waals surface area (Å²) in [6.45, 7) is 4.47. The van der Waals surface area contributed by atoms with Crippen molar-refractivity contribution in [1.29, 1.82) is 0 Å². The van der Waals surface area contributed by atoms with Gasteiger partial charge in [0.1, 0.15) is 5.82 Å². The van der Waals surface area contributed by atoms with Crippen LogP contribution in [0.25, 0.3) is 12.2 Å². The van der Waals surface area contributed by atoms with Gasteiger partial charge in [0.05, 0.1) is 5.75 Å². The summed E-state index contributed by atoms with van der Waals surface area (Å²) in [5, 5.41) is 12.2. The lowest BCUT2D eigenvalue weighted by atomic mass is 10.2. The number of H-pyrrole nitrogens is 1. The van der Waals surface area contributed by atoms with Crippen LogP contribution < -0.4 is 10.6 Å². The number of nitrogens with zero attached hydrogens (tertiary/aromatic N) is 2. The highest BCUT2D eigenvalue weighted by molar-refractivity contribution is 7.99. The maximum absolute atomic E-state index is 11.7. The lowest BCUT2D eigenvalue weighted by Crippen LogP contribution is -2.41. The zero-order valence-corrected chi connectivity index (χ0v) is 15.0. The fourth-order valence-corrected chi connectivity index (χ4v) is 2.38. The van der Waals surface area contributed by atoms with Crippen molar-refractivity contribution in [1.82, 2.24) is 25.8 Å². The first-order valence-corrected chi connectivity index (χ1v) is 8.87. The number of carbonyl (C=O) groups is 2. The molecule has 132 valence electrons. The lowest BCUT2D eigenvalue weighted by Gasteiger charge is -2.07. The number of hydrogen-bond donors (Lipinski definition) is 3. The van der Waals surface area contributed by atoms with Crippen LogP contribution in [-0.4, -0.2) is 39.4 Å². The number of aromatic nitrogens is 3. The minimum absolute atomic E-state index is 0.0643. The molecule has 1 heterocycles. The third kappa shape index (κ3) is 7.21. The summed E-state index contributed by atoms with van der Waals surface area (Å²) in [7, 11) is 0. The van der Waals surface area contributed by atoms with E-state index >= 15 is 0 Å². The Morgan fingerprint density at radius 2 is 2.00 bits per heavy atom. The van der Waals surface area contributed by atoms with E-state index in [1.807, 2.05) is 56.3 Å². The van der Waals surface area contributed by atoms with E-state index in [-0.39, 0.29) is 5.75 Å². The SMILES string of the molecule is CC(C)CNC(=O)NC(=O)CSc1n[nH]c(/C=C/c2ccccc2)n1. The molecule has 1 aromatic carbocycles. The molecule has 0 radical (unpaired) electrons. The summed E-state index contributed by atoms with van der Waals surface area (Å²) in [6.07, 6.45) is 3.73. The van der Waals surface area contributed by atoms with Gasteiger partial charge in [-0.05, 0) is 17.6 Å². The standard InChI is InChI=1S/C17H21N5O2S/c1-12(2)10-18-16(24)20-15(23)11-25-17-19-14(21-22-17)9-8-13-6-4-3-5-7-13/h3-9,12H,10-11H2,1-2H3,(H,19,21,22)(H2,18,20,23,24)/b9-8+. The maximum atomic E-state index is 11.7. The molecule has 3 amide bonds. The third-order valence-corrected chi connectivity index (χ3v) is 3.82. The van der Waals surface area contributed by atoms with E-state index in [0.717, 1.165) is 17.3 Å². The number of imide groups is 1. The molecule has 0 aliphatic heterocycles. The van der Waals surface area contributed by atoms with Crippen LogP contribution in [0.3, 0.4) is 0 Å². The van der Waals surface area contributed by atoms with Gasteiger partial charge in [-0.15, -0.1) is 5.10 Å². The summed E-state index contributed by atoms with van der Waals surface area (Å²) in [4.78, 5) is 27.5. The van der Waals surface area contributed by atoms with E-state index < -0.39 is 11.9 Å². The molecule has 0 bridgehead atoms. The molecule has 7 nitrogen and oxygen atoms in total. The van der Waals surface area contributed by atoms with Crippen LogP contribution in [0.2, 0.25) is 0 Å². The largest absolute Gasteiger partial charge is 0.338 e. The molecular formula is C17H21N5O2S. The van der Waals surface area contributed by atoms with Crippen LogP contribution in [0, 0.1) is 5.92 Å². The van der Waals surface area contributed by atoms with E-state index in [9.17, 15) is 9.59 Å². The Morgan fingerprint density at radius 1 is 1.24 bits per heavy atom. The molecule has 0 fully saturated rings. The molecule has 0 aliphatic rings. The summed E-state index contributed by atoms with van der Waals surface area (Å²) >= 11 is 1.16. The molecule has 8 heteroatoms. The molecule has 0 spiro atoms. The van der Waals surface area contributed by atoms with E-state index in [0.29, 0.717) is 23.4 Å². The molecule has 3 N–H and O–H groups in total. The Balaban J connectivity index is 1.76. The van der Waals surface area contributed by atoms with Crippen LogP contribution in [0.5, 0.6) is 0 Å². The molecule has 0 unspecified atom stereocenters. The number of thioether (sulfide) groups is 1. The van der Waals surface area contributed by atoms with Gasteiger partial charge in [-0.2, -0.15) is 0 Å². The molecule has 0 aliphatic carbocycles.